The average Bonchev–Trinajstić information content (AvgIpc) is 2.58. The summed E-state index contributed by atoms with van der Waals surface area (Å²) in [5.41, 5.74) is 1.66. The van der Waals surface area contributed by atoms with Crippen molar-refractivity contribution in [3.8, 4) is 0 Å². The molecule has 1 N–H and O–H groups in total. The lowest BCUT2D eigenvalue weighted by Crippen LogP contribution is -2.36. The van der Waals surface area contributed by atoms with Gasteiger partial charge in [0.05, 0.1) is 13.2 Å². The van der Waals surface area contributed by atoms with Gasteiger partial charge >= 0.3 is 0 Å². The van der Waals surface area contributed by atoms with Crippen LogP contribution in [0.4, 0.5) is 10.1 Å². The van der Waals surface area contributed by atoms with Crippen LogP contribution >= 0.6 is 0 Å². The number of carbonyl (C=O) groups excluding carboxylic acids is 1. The van der Waals surface area contributed by atoms with Gasteiger partial charge in [0.1, 0.15) is 0 Å². The fourth-order valence-electron chi connectivity index (χ4n) is 3.20. The van der Waals surface area contributed by atoms with Crippen molar-refractivity contribution in [2.75, 3.05) is 31.2 Å². The quantitative estimate of drug-likeness (QED) is 0.879. The monoisotopic (exact) mass is 299 g/mol. The molecule has 1 aliphatic heterocycles. The van der Waals surface area contributed by atoms with E-state index in [1.54, 1.807) is 18.2 Å². The molecule has 4 rings (SSSR count). The summed E-state index contributed by atoms with van der Waals surface area (Å²) in [5.74, 6) is -2.41. The van der Waals surface area contributed by atoms with Gasteiger partial charge in [-0.1, -0.05) is 18.2 Å². The Bertz CT molecular complexity index is 822. The van der Waals surface area contributed by atoms with Crippen LogP contribution in [0.1, 0.15) is 15.9 Å². The molecule has 2 aromatic carbocycles. The third-order valence-corrected chi connectivity index (χ3v) is 4.28. The van der Waals surface area contributed by atoms with Crippen LogP contribution < -0.4 is 4.90 Å². The number of hydrogen-bond acceptors (Lipinski definition) is 4. The van der Waals surface area contributed by atoms with E-state index in [1.165, 1.54) is 0 Å². The van der Waals surface area contributed by atoms with Crippen molar-refractivity contribution < 1.29 is 19.0 Å². The van der Waals surface area contributed by atoms with E-state index in [-0.39, 0.29) is 0 Å². The molecule has 0 saturated carbocycles. The molecule has 0 unspecified atom stereocenters. The van der Waals surface area contributed by atoms with Crippen LogP contribution in [0, 0.1) is 0 Å². The van der Waals surface area contributed by atoms with Crippen LogP contribution in [0.5, 0.6) is 0 Å². The molecule has 0 aromatic heterocycles. The lowest BCUT2D eigenvalue weighted by Gasteiger charge is -2.30. The highest BCUT2D eigenvalue weighted by Crippen LogP contribution is 2.39. The summed E-state index contributed by atoms with van der Waals surface area (Å²) in [7, 11) is 0. The van der Waals surface area contributed by atoms with Gasteiger partial charge in [0.25, 0.3) is 0 Å². The van der Waals surface area contributed by atoms with E-state index in [2.05, 4.69) is 4.90 Å². The third-order valence-electron chi connectivity index (χ3n) is 4.28. The number of aliphatic hydroxyl groups excluding tert-OH is 1. The molecular formula is C17H14FNO3. The second-order valence-corrected chi connectivity index (χ2v) is 5.45. The van der Waals surface area contributed by atoms with E-state index in [0.717, 1.165) is 24.2 Å². The predicted molar refractivity (Wildman–Crippen MR) is 82.0 cm³/mol. The first-order valence-electron chi connectivity index (χ1n) is 7.20. The number of ether oxygens (including phenoxy) is 1. The zero-order valence-electron chi connectivity index (χ0n) is 11.8. The lowest BCUT2D eigenvalue weighted by molar-refractivity contribution is 0.100. The Hall–Kier alpha value is -2.40. The number of Topliss-reactive ketones (excluding diaryl/α,β-unsaturated/α-hetero) is 1. The molecule has 1 aliphatic carbocycles. The molecule has 0 amide bonds. The molecule has 1 heterocycles. The molecule has 0 atom stereocenters. The molecule has 5 heteroatoms. The smallest absolute Gasteiger partial charge is 0.225 e. The summed E-state index contributed by atoms with van der Waals surface area (Å²) in [6.45, 7) is 2.84. The van der Waals surface area contributed by atoms with E-state index in [1.807, 2.05) is 12.1 Å². The number of allylic oxidation sites excluding steroid dienone is 1. The van der Waals surface area contributed by atoms with Crippen LogP contribution in [0.25, 0.3) is 16.5 Å². The van der Waals surface area contributed by atoms with E-state index in [4.69, 9.17) is 4.74 Å². The Labute approximate surface area is 126 Å². The van der Waals surface area contributed by atoms with Gasteiger partial charge in [0.15, 0.2) is 5.76 Å². The number of anilines is 1. The van der Waals surface area contributed by atoms with E-state index < -0.39 is 17.4 Å². The molecule has 0 bridgehead atoms. The molecule has 22 heavy (non-hydrogen) atoms. The van der Waals surface area contributed by atoms with Gasteiger partial charge in [-0.2, -0.15) is 4.39 Å². The first-order valence-corrected chi connectivity index (χ1v) is 7.20. The number of nitrogens with zero attached hydrogens (tertiary/aromatic N) is 1. The maximum atomic E-state index is 13.9. The number of carbonyl (C=O) groups is 1. The molecule has 112 valence electrons. The Balaban J connectivity index is 2.00. The molecule has 1 fully saturated rings. The SMILES string of the molecule is O=C1C(F)=C(O)c2cccc3c(N4CCOCC4)ccc1c23. The number of rotatable bonds is 1. The van der Waals surface area contributed by atoms with Crippen LogP contribution in [0.15, 0.2) is 36.2 Å². The van der Waals surface area contributed by atoms with E-state index in [0.29, 0.717) is 29.7 Å². The molecule has 0 spiro atoms. The highest BCUT2D eigenvalue weighted by Gasteiger charge is 2.29. The minimum atomic E-state index is -1.08. The van der Waals surface area contributed by atoms with Crippen molar-refractivity contribution in [2.45, 2.75) is 0 Å². The first-order chi connectivity index (χ1) is 10.7. The maximum absolute atomic E-state index is 13.9. The zero-order valence-corrected chi connectivity index (χ0v) is 11.8. The number of hydrogen-bond donors (Lipinski definition) is 1. The number of ketones is 1. The first kappa shape index (κ1) is 13.3. The molecule has 2 aromatic rings. The summed E-state index contributed by atoms with van der Waals surface area (Å²) in [4.78, 5) is 14.3. The Morgan fingerprint density at radius 3 is 2.64 bits per heavy atom. The van der Waals surface area contributed by atoms with Gasteiger partial charge in [0, 0.05) is 40.7 Å². The van der Waals surface area contributed by atoms with Crippen molar-refractivity contribution in [1.82, 2.24) is 0 Å². The number of halogens is 1. The van der Waals surface area contributed by atoms with Crippen molar-refractivity contribution in [1.29, 1.82) is 0 Å². The predicted octanol–water partition coefficient (Wildman–Crippen LogP) is 3.07. The molecule has 0 radical (unpaired) electrons. The molecule has 4 nitrogen and oxygen atoms in total. The standard InChI is InChI=1S/C17H14FNO3/c18-15-16(20)11-3-1-2-10-13(19-6-8-22-9-7-19)5-4-12(14(10)11)17(15)21/h1-5,20H,6-9H2. The second-order valence-electron chi connectivity index (χ2n) is 5.45. The van der Waals surface area contributed by atoms with Crippen molar-refractivity contribution >= 4 is 28.0 Å². The number of benzene rings is 2. The normalized spacial score (nSPS) is 18.2. The fraction of sp³-hybridized carbons (Fsp3) is 0.235. The Morgan fingerprint density at radius 2 is 1.86 bits per heavy atom. The second kappa shape index (κ2) is 4.81. The Kier molecular flexibility index (Phi) is 2.90. The van der Waals surface area contributed by atoms with Crippen molar-refractivity contribution in [3.05, 3.63) is 47.3 Å². The maximum Gasteiger partial charge on any atom is 0.225 e. The minimum Gasteiger partial charge on any atom is -0.504 e. The van der Waals surface area contributed by atoms with Crippen LogP contribution in [-0.2, 0) is 4.74 Å². The largest absolute Gasteiger partial charge is 0.504 e. The van der Waals surface area contributed by atoms with Gasteiger partial charge in [0.2, 0.25) is 11.6 Å². The van der Waals surface area contributed by atoms with Gasteiger partial charge in [-0.3, -0.25) is 4.79 Å². The van der Waals surface area contributed by atoms with Crippen LogP contribution in [0.2, 0.25) is 0 Å². The van der Waals surface area contributed by atoms with E-state index in [9.17, 15) is 14.3 Å². The van der Waals surface area contributed by atoms with Gasteiger partial charge in [-0.15, -0.1) is 0 Å². The lowest BCUT2D eigenvalue weighted by atomic mass is 9.89. The Morgan fingerprint density at radius 1 is 1.09 bits per heavy atom. The average molecular weight is 299 g/mol. The third kappa shape index (κ3) is 1.75. The van der Waals surface area contributed by atoms with Crippen LogP contribution in [-0.4, -0.2) is 37.2 Å². The van der Waals surface area contributed by atoms with Gasteiger partial charge in [-0.25, -0.2) is 0 Å². The van der Waals surface area contributed by atoms with Crippen molar-refractivity contribution in [2.24, 2.45) is 0 Å². The highest BCUT2D eigenvalue weighted by molar-refractivity contribution is 6.24. The van der Waals surface area contributed by atoms with Crippen LogP contribution in [0.3, 0.4) is 0 Å². The summed E-state index contributed by atoms with van der Waals surface area (Å²) in [6.07, 6.45) is 0. The fourth-order valence-corrected chi connectivity index (χ4v) is 3.20. The highest BCUT2D eigenvalue weighted by atomic mass is 19.1. The van der Waals surface area contributed by atoms with Gasteiger partial charge < -0.3 is 14.7 Å². The minimum absolute atomic E-state index is 0.304. The van der Waals surface area contributed by atoms with Gasteiger partial charge in [-0.05, 0) is 12.1 Å². The number of aliphatic hydroxyl groups is 1. The molecular weight excluding hydrogens is 285 g/mol. The summed E-state index contributed by atoms with van der Waals surface area (Å²) < 4.78 is 19.3. The zero-order chi connectivity index (χ0) is 15.3. The number of morpholine rings is 1. The van der Waals surface area contributed by atoms with Crippen molar-refractivity contribution in [3.63, 3.8) is 0 Å². The van der Waals surface area contributed by atoms with E-state index >= 15 is 0 Å². The topological polar surface area (TPSA) is 49.8 Å². The summed E-state index contributed by atoms with van der Waals surface area (Å²) in [6, 6.07) is 8.79. The molecule has 1 saturated heterocycles. The molecule has 2 aliphatic rings. The summed E-state index contributed by atoms with van der Waals surface area (Å²) in [5, 5.41) is 11.4. The summed E-state index contributed by atoms with van der Waals surface area (Å²) >= 11 is 0.